The maximum absolute atomic E-state index is 11.6. The van der Waals surface area contributed by atoms with Crippen LogP contribution in [-0.4, -0.2) is 62.3 Å². The number of thioether (sulfide) groups is 1. The molecule has 0 saturated heterocycles. The van der Waals surface area contributed by atoms with E-state index in [1.54, 1.807) is 14.1 Å². The molecule has 1 aromatic carbocycles. The molecule has 0 saturated carbocycles. The average molecular weight is 354 g/mol. The summed E-state index contributed by atoms with van der Waals surface area (Å²) in [4.78, 5) is 36.6. The largest absolute Gasteiger partial charge is 0.494 e. The summed E-state index contributed by atoms with van der Waals surface area (Å²) in [6.45, 7) is 1.99. The van der Waals surface area contributed by atoms with Crippen molar-refractivity contribution in [1.82, 2.24) is 10.2 Å². The first-order valence-corrected chi connectivity index (χ1v) is 8.39. The lowest BCUT2D eigenvalue weighted by molar-refractivity contribution is -0.146. The van der Waals surface area contributed by atoms with Crippen LogP contribution in [0.25, 0.3) is 0 Å². The molecular weight excluding hydrogens is 332 g/mol. The fourth-order valence-corrected chi connectivity index (χ4v) is 2.21. The number of amides is 2. The van der Waals surface area contributed by atoms with Crippen molar-refractivity contribution in [1.29, 1.82) is 0 Å². The molecular formula is C16H22N2O5S. The van der Waals surface area contributed by atoms with Gasteiger partial charge in [0, 0.05) is 19.0 Å². The van der Waals surface area contributed by atoms with Crippen LogP contribution in [0.3, 0.4) is 0 Å². The van der Waals surface area contributed by atoms with Crippen molar-refractivity contribution >= 4 is 29.5 Å². The number of carbonyl (C=O) groups is 3. The zero-order chi connectivity index (χ0) is 17.9. The van der Waals surface area contributed by atoms with Gasteiger partial charge in [-0.3, -0.25) is 14.4 Å². The molecule has 0 aromatic heterocycles. The molecule has 0 atom stereocenters. The van der Waals surface area contributed by atoms with Gasteiger partial charge in [0.25, 0.3) is 5.91 Å². The Morgan fingerprint density at radius 3 is 2.42 bits per heavy atom. The fourth-order valence-electron chi connectivity index (χ4n) is 1.51. The maximum Gasteiger partial charge on any atom is 0.316 e. The molecule has 8 heteroatoms. The number of benzene rings is 1. The summed E-state index contributed by atoms with van der Waals surface area (Å²) in [6, 6.07) is 7.35. The second kappa shape index (κ2) is 10.5. The summed E-state index contributed by atoms with van der Waals surface area (Å²) in [7, 11) is 3.18. The number of hydrogen-bond acceptors (Lipinski definition) is 6. The van der Waals surface area contributed by atoms with Crippen LogP contribution < -0.4 is 10.1 Å². The molecule has 1 N–H and O–H groups in total. The van der Waals surface area contributed by atoms with Gasteiger partial charge in [0.15, 0.2) is 6.61 Å². The van der Waals surface area contributed by atoms with E-state index in [1.165, 1.54) is 16.7 Å². The van der Waals surface area contributed by atoms with Gasteiger partial charge in [-0.1, -0.05) is 0 Å². The fraction of sp³-hybridized carbons (Fsp3) is 0.438. The molecule has 7 nitrogen and oxygen atoms in total. The Bertz CT molecular complexity index is 560. The van der Waals surface area contributed by atoms with Crippen LogP contribution in [0.1, 0.15) is 6.92 Å². The molecule has 24 heavy (non-hydrogen) atoms. The Morgan fingerprint density at radius 1 is 1.17 bits per heavy atom. The molecule has 0 radical (unpaired) electrons. The van der Waals surface area contributed by atoms with Gasteiger partial charge in [0.2, 0.25) is 5.91 Å². The highest BCUT2D eigenvalue weighted by atomic mass is 32.2. The van der Waals surface area contributed by atoms with Crippen molar-refractivity contribution in [3.63, 3.8) is 0 Å². The minimum atomic E-state index is -0.510. The number of likely N-dealkylation sites (N-methyl/N-ethyl adjacent to an activating group) is 1. The Hall–Kier alpha value is -2.22. The van der Waals surface area contributed by atoms with E-state index < -0.39 is 18.5 Å². The first-order chi connectivity index (χ1) is 11.4. The Labute approximate surface area is 145 Å². The van der Waals surface area contributed by atoms with Gasteiger partial charge in [-0.05, 0) is 31.2 Å². The predicted octanol–water partition coefficient (Wildman–Crippen LogP) is 0.925. The topological polar surface area (TPSA) is 84.9 Å². The van der Waals surface area contributed by atoms with Gasteiger partial charge < -0.3 is 19.7 Å². The molecule has 0 aliphatic rings. The highest BCUT2D eigenvalue weighted by molar-refractivity contribution is 8.00. The first-order valence-electron chi connectivity index (χ1n) is 7.40. The van der Waals surface area contributed by atoms with Gasteiger partial charge in [-0.15, -0.1) is 11.8 Å². The summed E-state index contributed by atoms with van der Waals surface area (Å²) in [5, 5.41) is 2.38. The van der Waals surface area contributed by atoms with Crippen molar-refractivity contribution in [2.75, 3.05) is 39.6 Å². The summed E-state index contributed by atoms with van der Waals surface area (Å²) in [5.41, 5.74) is 0. The van der Waals surface area contributed by atoms with E-state index in [-0.39, 0.29) is 18.2 Å². The van der Waals surface area contributed by atoms with Crippen molar-refractivity contribution in [2.45, 2.75) is 11.8 Å². The van der Waals surface area contributed by atoms with Gasteiger partial charge in [-0.2, -0.15) is 0 Å². The van der Waals surface area contributed by atoms with E-state index in [9.17, 15) is 14.4 Å². The lowest BCUT2D eigenvalue weighted by atomic mass is 10.3. The molecule has 0 fully saturated rings. The lowest BCUT2D eigenvalue weighted by Gasteiger charge is -2.11. The molecule has 0 aliphatic heterocycles. The SMILES string of the molecule is CCOc1ccc(SCC(=O)OCC(=O)NCC(=O)N(C)C)cc1. The molecule has 2 amide bonds. The van der Waals surface area contributed by atoms with E-state index in [1.807, 2.05) is 31.2 Å². The van der Waals surface area contributed by atoms with Gasteiger partial charge in [0.05, 0.1) is 18.9 Å². The van der Waals surface area contributed by atoms with Crippen LogP contribution in [0.2, 0.25) is 0 Å². The van der Waals surface area contributed by atoms with Crippen LogP contribution in [-0.2, 0) is 19.1 Å². The maximum atomic E-state index is 11.6. The smallest absolute Gasteiger partial charge is 0.316 e. The van der Waals surface area contributed by atoms with Crippen molar-refractivity contribution in [3.05, 3.63) is 24.3 Å². The van der Waals surface area contributed by atoms with Crippen LogP contribution in [0, 0.1) is 0 Å². The Morgan fingerprint density at radius 2 is 1.83 bits per heavy atom. The van der Waals surface area contributed by atoms with E-state index in [0.29, 0.717) is 6.61 Å². The molecule has 0 spiro atoms. The molecule has 0 aliphatic carbocycles. The van der Waals surface area contributed by atoms with Crippen LogP contribution in [0.15, 0.2) is 29.2 Å². The van der Waals surface area contributed by atoms with Crippen LogP contribution >= 0.6 is 11.8 Å². The van der Waals surface area contributed by atoms with E-state index in [0.717, 1.165) is 10.6 Å². The van der Waals surface area contributed by atoms with E-state index >= 15 is 0 Å². The summed E-state index contributed by atoms with van der Waals surface area (Å²) in [5.74, 6) is -0.376. The third-order valence-corrected chi connectivity index (χ3v) is 3.78. The monoisotopic (exact) mass is 354 g/mol. The highest BCUT2D eigenvalue weighted by Gasteiger charge is 2.10. The average Bonchev–Trinajstić information content (AvgIpc) is 2.57. The molecule has 0 bridgehead atoms. The number of ether oxygens (including phenoxy) is 2. The summed E-state index contributed by atoms with van der Waals surface area (Å²) in [6.07, 6.45) is 0. The summed E-state index contributed by atoms with van der Waals surface area (Å²) < 4.78 is 10.2. The lowest BCUT2D eigenvalue weighted by Crippen LogP contribution is -2.38. The van der Waals surface area contributed by atoms with Crippen LogP contribution in [0.4, 0.5) is 0 Å². The van der Waals surface area contributed by atoms with Crippen molar-refractivity contribution in [3.8, 4) is 5.75 Å². The predicted molar refractivity (Wildman–Crippen MR) is 91.0 cm³/mol. The first kappa shape index (κ1) is 19.8. The van der Waals surface area contributed by atoms with E-state index in [4.69, 9.17) is 9.47 Å². The summed E-state index contributed by atoms with van der Waals surface area (Å²) >= 11 is 1.31. The molecule has 1 aromatic rings. The van der Waals surface area contributed by atoms with Crippen molar-refractivity contribution < 1.29 is 23.9 Å². The zero-order valence-corrected chi connectivity index (χ0v) is 14.9. The number of esters is 1. The third kappa shape index (κ3) is 7.87. The number of rotatable bonds is 9. The van der Waals surface area contributed by atoms with Crippen molar-refractivity contribution in [2.24, 2.45) is 0 Å². The second-order valence-electron chi connectivity index (χ2n) is 4.92. The molecule has 0 unspecified atom stereocenters. The quantitative estimate of drug-likeness (QED) is 0.524. The highest BCUT2D eigenvalue weighted by Crippen LogP contribution is 2.21. The second-order valence-corrected chi connectivity index (χ2v) is 5.97. The normalized spacial score (nSPS) is 9.96. The third-order valence-electron chi connectivity index (χ3n) is 2.79. The van der Waals surface area contributed by atoms with E-state index in [2.05, 4.69) is 5.32 Å². The number of nitrogens with one attached hydrogen (secondary N) is 1. The Kier molecular flexibility index (Phi) is 8.70. The number of carbonyl (C=O) groups excluding carboxylic acids is 3. The van der Waals surface area contributed by atoms with Crippen LogP contribution in [0.5, 0.6) is 5.75 Å². The minimum absolute atomic E-state index is 0.0951. The molecule has 132 valence electrons. The molecule has 0 heterocycles. The zero-order valence-electron chi connectivity index (χ0n) is 14.0. The van der Waals surface area contributed by atoms with Gasteiger partial charge in [-0.25, -0.2) is 0 Å². The minimum Gasteiger partial charge on any atom is -0.494 e. The molecule has 1 rings (SSSR count). The Balaban J connectivity index is 2.24. The van der Waals surface area contributed by atoms with Gasteiger partial charge in [0.1, 0.15) is 5.75 Å². The van der Waals surface area contributed by atoms with Gasteiger partial charge >= 0.3 is 5.97 Å². The standard InChI is InChI=1S/C16H22N2O5S/c1-4-22-12-5-7-13(8-6-12)24-11-16(21)23-10-14(19)17-9-15(20)18(2)3/h5-8H,4,9-11H2,1-3H3,(H,17,19). The number of nitrogens with zero attached hydrogens (tertiary/aromatic N) is 1. The number of hydrogen-bond donors (Lipinski definition) is 1.